The van der Waals surface area contributed by atoms with Crippen LogP contribution in [0.1, 0.15) is 194 Å². The van der Waals surface area contributed by atoms with E-state index in [1.54, 1.807) is 0 Å². The molecular formula is C60H94N4O6. The van der Waals surface area contributed by atoms with E-state index in [1.807, 2.05) is 6.07 Å². The predicted octanol–water partition coefficient (Wildman–Crippen LogP) is 12.5. The fourth-order valence-electron chi connectivity index (χ4n) is 19.7. The van der Waals surface area contributed by atoms with E-state index in [0.717, 1.165) is 85.2 Å². The van der Waals surface area contributed by atoms with E-state index in [4.69, 9.17) is 9.47 Å². The highest BCUT2D eigenvalue weighted by atomic mass is 16.5. The second kappa shape index (κ2) is 20.9. The molecule has 70 heavy (non-hydrogen) atoms. The van der Waals surface area contributed by atoms with Crippen molar-refractivity contribution in [1.29, 1.82) is 0 Å². The molecule has 1 aromatic rings. The lowest BCUT2D eigenvalue weighted by atomic mass is 9.44. The van der Waals surface area contributed by atoms with Crippen LogP contribution < -0.4 is 21.3 Å². The Morgan fingerprint density at radius 2 is 0.943 bits per heavy atom. The molecule has 4 amide bonds. The monoisotopic (exact) mass is 967 g/mol. The van der Waals surface area contributed by atoms with Crippen molar-refractivity contribution in [2.45, 2.75) is 208 Å². The van der Waals surface area contributed by atoms with Crippen LogP contribution in [0.5, 0.6) is 0 Å². The van der Waals surface area contributed by atoms with Crippen molar-refractivity contribution in [1.82, 2.24) is 21.3 Å². The summed E-state index contributed by atoms with van der Waals surface area (Å²) in [5.74, 6) is 8.44. The zero-order valence-electron chi connectivity index (χ0n) is 44.8. The largest absolute Gasteiger partial charge is 0.469 e. The Kier molecular flexibility index (Phi) is 15.4. The Hall–Kier alpha value is -3.30. The van der Waals surface area contributed by atoms with E-state index in [1.165, 1.54) is 104 Å². The minimum atomic E-state index is -0.0816. The summed E-state index contributed by atoms with van der Waals surface area (Å²) in [6.07, 6.45) is 25.4. The van der Waals surface area contributed by atoms with Crippen LogP contribution in [0.25, 0.3) is 0 Å². The number of hydrogen-bond acceptors (Lipinski definition) is 6. The van der Waals surface area contributed by atoms with E-state index in [9.17, 15) is 19.2 Å². The number of fused-ring (bicyclic) bond motifs is 10. The quantitative estimate of drug-likeness (QED) is 0.137. The first-order chi connectivity index (χ1) is 33.5. The van der Waals surface area contributed by atoms with Crippen LogP contribution in [0.4, 0.5) is 9.59 Å². The third kappa shape index (κ3) is 9.92. The fourth-order valence-corrected chi connectivity index (χ4v) is 19.7. The van der Waals surface area contributed by atoms with E-state index < -0.39 is 0 Å². The molecule has 0 radical (unpaired) electrons. The third-order valence-corrected chi connectivity index (χ3v) is 23.5. The normalized spacial score (nSPS) is 41.4. The zero-order chi connectivity index (χ0) is 49.6. The molecule has 8 fully saturated rings. The van der Waals surface area contributed by atoms with Gasteiger partial charge < -0.3 is 30.7 Å². The van der Waals surface area contributed by atoms with Crippen LogP contribution in [0.2, 0.25) is 0 Å². The van der Waals surface area contributed by atoms with Crippen molar-refractivity contribution >= 4 is 24.0 Å². The molecule has 8 saturated carbocycles. The number of urea groups is 2. The summed E-state index contributed by atoms with van der Waals surface area (Å²) in [6, 6.07) is 8.49. The van der Waals surface area contributed by atoms with Crippen LogP contribution in [0.15, 0.2) is 24.3 Å². The lowest BCUT2D eigenvalue weighted by Gasteiger charge is -2.61. The van der Waals surface area contributed by atoms with Crippen LogP contribution in [-0.4, -0.2) is 50.3 Å². The van der Waals surface area contributed by atoms with Crippen LogP contribution in [-0.2, 0) is 32.2 Å². The fraction of sp³-hybridized carbons (Fsp3) is 0.833. The highest BCUT2D eigenvalue weighted by molar-refractivity contribution is 5.75. The lowest BCUT2D eigenvalue weighted by Crippen LogP contribution is -2.56. The lowest BCUT2D eigenvalue weighted by molar-refractivity contribution is -0.142. The number of carbonyl (C=O) groups excluding carboxylic acids is 4. The summed E-state index contributed by atoms with van der Waals surface area (Å²) in [5.41, 5.74) is 3.54. The molecular weight excluding hydrogens is 873 g/mol. The first-order valence-corrected chi connectivity index (χ1v) is 28.8. The molecule has 0 spiro atoms. The molecule has 1 aromatic carbocycles. The smallest absolute Gasteiger partial charge is 0.315 e. The third-order valence-electron chi connectivity index (χ3n) is 23.5. The first-order valence-electron chi connectivity index (χ1n) is 28.8. The summed E-state index contributed by atoms with van der Waals surface area (Å²) < 4.78 is 9.95. The van der Waals surface area contributed by atoms with Gasteiger partial charge in [-0.2, -0.15) is 0 Å². The maximum Gasteiger partial charge on any atom is 0.315 e. The van der Waals surface area contributed by atoms with Gasteiger partial charge in [-0.25, -0.2) is 9.59 Å². The standard InChI is InChI=1S/C60H94N4O6/c1-37(12-22-53(65)69-7)47-18-20-49-45-16-14-41-33-43(24-28-57(41,3)51(45)26-30-59(47,49)5)63-55(67)61-35-39-10-9-11-40(32-39)36-62-56(68)64-44-25-29-58(4)42(34-44)15-17-46-50-21-19-48(38(2)13-23-54(66)70-8)60(50,6)31-27-52(46)58/h9-11,32,37-38,41-52H,12-31,33-36H2,1-8H3,(H2,61,63,67)(H2,62,64,68)/t37-,38-,41+,42+,43-,44-,45+,46+,47-,48-,49+,50+,51+,52+,57+,58+,59-,60-/m1/s1. The maximum absolute atomic E-state index is 13.4. The second-order valence-electron chi connectivity index (χ2n) is 26.4. The summed E-state index contributed by atoms with van der Waals surface area (Å²) in [6.45, 7) is 16.1. The SMILES string of the molecule is COC(=O)CC[C@@H](C)[C@H]1CC[C@H]2[C@@H]3CC[C@H]4C[C@H](NC(=O)NCc5cccc(CNC(=O)N[C@@H]6CC[C@@]7(C)[C@@H](CC[C@@H]8[C@@H]7CC[C@]7(C)[C@@H]([C@H](C)CCC(=O)OC)CC[C@@H]87)C6)c5)CC[C@]4(C)[C@H]3CC[C@]12C. The molecule has 0 bridgehead atoms. The van der Waals surface area contributed by atoms with Crippen LogP contribution in [0.3, 0.4) is 0 Å². The van der Waals surface area contributed by atoms with Gasteiger partial charge in [0.1, 0.15) is 0 Å². The predicted molar refractivity (Wildman–Crippen MR) is 276 cm³/mol. The molecule has 0 aliphatic heterocycles. The van der Waals surface area contributed by atoms with Gasteiger partial charge in [-0.3, -0.25) is 9.59 Å². The van der Waals surface area contributed by atoms with E-state index in [0.29, 0.717) is 83.1 Å². The molecule has 9 rings (SSSR count). The number of hydrogen-bond donors (Lipinski definition) is 4. The second-order valence-corrected chi connectivity index (χ2v) is 26.4. The topological polar surface area (TPSA) is 135 Å². The van der Waals surface area contributed by atoms with Gasteiger partial charge in [0.15, 0.2) is 0 Å². The van der Waals surface area contributed by atoms with Crippen molar-refractivity contribution < 1.29 is 28.7 Å². The summed E-state index contributed by atoms with van der Waals surface area (Å²) in [7, 11) is 3.01. The number of methoxy groups -OCH3 is 2. The number of carbonyl (C=O) groups is 4. The summed E-state index contributed by atoms with van der Waals surface area (Å²) >= 11 is 0. The van der Waals surface area contributed by atoms with Gasteiger partial charge in [-0.1, -0.05) is 65.8 Å². The molecule has 0 saturated heterocycles. The van der Waals surface area contributed by atoms with Crippen LogP contribution in [0, 0.1) is 92.7 Å². The Bertz CT molecular complexity index is 1910. The molecule has 8 aliphatic rings. The van der Waals surface area contributed by atoms with E-state index in [2.05, 4.69) is 81.0 Å². The highest BCUT2D eigenvalue weighted by Gasteiger charge is 2.62. The molecule has 10 heteroatoms. The summed E-state index contributed by atoms with van der Waals surface area (Å²) in [4.78, 5) is 50.7. The van der Waals surface area contributed by atoms with Gasteiger partial charge in [0.25, 0.3) is 0 Å². The molecule has 10 nitrogen and oxygen atoms in total. The Labute approximate surface area is 422 Å². The average Bonchev–Trinajstić information content (AvgIpc) is 3.90. The van der Waals surface area contributed by atoms with Crippen molar-refractivity contribution in [2.75, 3.05) is 14.2 Å². The van der Waals surface area contributed by atoms with Gasteiger partial charge >= 0.3 is 24.0 Å². The molecule has 0 unspecified atom stereocenters. The first kappa shape index (κ1) is 51.6. The molecule has 0 heterocycles. The summed E-state index contributed by atoms with van der Waals surface area (Å²) in [5, 5.41) is 13.1. The van der Waals surface area contributed by atoms with Gasteiger partial charge in [0, 0.05) is 38.0 Å². The average molecular weight is 967 g/mol. The van der Waals surface area contributed by atoms with Crippen molar-refractivity contribution in [3.05, 3.63) is 35.4 Å². The molecule has 8 aliphatic carbocycles. The number of rotatable bonds is 14. The van der Waals surface area contributed by atoms with Gasteiger partial charge in [-0.15, -0.1) is 0 Å². The van der Waals surface area contributed by atoms with Gasteiger partial charge in [0.05, 0.1) is 14.2 Å². The zero-order valence-corrected chi connectivity index (χ0v) is 44.8. The number of ether oxygens (including phenoxy) is 2. The van der Waals surface area contributed by atoms with Crippen molar-refractivity contribution in [3.63, 3.8) is 0 Å². The maximum atomic E-state index is 13.4. The molecule has 18 atom stereocenters. The Morgan fingerprint density at radius 3 is 1.36 bits per heavy atom. The van der Waals surface area contributed by atoms with Crippen LogP contribution >= 0.6 is 0 Å². The number of benzene rings is 1. The molecule has 0 aromatic heterocycles. The Morgan fingerprint density at radius 1 is 0.543 bits per heavy atom. The minimum absolute atomic E-state index is 0.0762. The Balaban J connectivity index is 0.693. The highest BCUT2D eigenvalue weighted by Crippen LogP contribution is 2.70. The van der Waals surface area contributed by atoms with Crippen molar-refractivity contribution in [3.8, 4) is 0 Å². The number of amides is 4. The number of nitrogens with one attached hydrogen (secondary N) is 4. The van der Waals surface area contributed by atoms with E-state index >= 15 is 0 Å². The van der Waals surface area contributed by atoms with E-state index in [-0.39, 0.29) is 36.1 Å². The molecule has 390 valence electrons. The van der Waals surface area contributed by atoms with Gasteiger partial charge in [0.2, 0.25) is 0 Å². The number of esters is 2. The molecule has 4 N–H and O–H groups in total. The van der Waals surface area contributed by atoms with Crippen molar-refractivity contribution in [2.24, 2.45) is 92.7 Å². The van der Waals surface area contributed by atoms with Gasteiger partial charge in [-0.05, 0) is 232 Å². The minimum Gasteiger partial charge on any atom is -0.469 e.